The van der Waals surface area contributed by atoms with Crippen LogP contribution in [0.15, 0.2) is 36.4 Å². The van der Waals surface area contributed by atoms with Crippen LogP contribution in [0.5, 0.6) is 5.75 Å². The molecule has 0 aliphatic rings. The second-order valence-electron chi connectivity index (χ2n) is 5.73. The average Bonchev–Trinajstić information content (AvgIpc) is 2.47. The molecule has 2 aromatic carbocycles. The fourth-order valence-corrected chi connectivity index (χ4v) is 2.78. The van der Waals surface area contributed by atoms with Crippen molar-refractivity contribution in [3.63, 3.8) is 0 Å². The van der Waals surface area contributed by atoms with E-state index in [-0.39, 0.29) is 11.3 Å². The maximum Gasteiger partial charge on any atom is 0.339 e. The molecule has 0 aliphatic carbocycles. The van der Waals surface area contributed by atoms with Crippen LogP contribution in [0.25, 0.3) is 0 Å². The first-order valence-corrected chi connectivity index (χ1v) is 7.59. The van der Waals surface area contributed by atoms with Crippen LogP contribution in [-0.2, 0) is 12.8 Å². The third kappa shape index (κ3) is 3.88. The van der Waals surface area contributed by atoms with Crippen molar-refractivity contribution >= 4 is 5.97 Å². The molecule has 2 N–H and O–H groups in total. The zero-order valence-electron chi connectivity index (χ0n) is 13.1. The van der Waals surface area contributed by atoms with E-state index in [1.165, 1.54) is 22.8 Å². The van der Waals surface area contributed by atoms with Crippen molar-refractivity contribution < 1.29 is 15.0 Å². The molecule has 0 saturated carbocycles. The summed E-state index contributed by atoms with van der Waals surface area (Å²) in [6, 6.07) is 11.2. The molecule has 0 spiro atoms. The van der Waals surface area contributed by atoms with Crippen LogP contribution >= 0.6 is 0 Å². The van der Waals surface area contributed by atoms with Gasteiger partial charge in [-0.1, -0.05) is 24.3 Å². The predicted molar refractivity (Wildman–Crippen MR) is 87.6 cm³/mol. The quantitative estimate of drug-likeness (QED) is 0.783. The highest BCUT2D eigenvalue weighted by Gasteiger charge is 2.10. The molecule has 2 rings (SSSR count). The minimum absolute atomic E-state index is 0.0211. The second kappa shape index (κ2) is 7.12. The number of carboxylic acid groups (broad SMARTS) is 1. The maximum absolute atomic E-state index is 11.0. The summed E-state index contributed by atoms with van der Waals surface area (Å²) in [4.78, 5) is 11.0. The van der Waals surface area contributed by atoms with Gasteiger partial charge in [-0.15, -0.1) is 0 Å². The Balaban J connectivity index is 1.92. The number of phenols is 1. The minimum atomic E-state index is -1.09. The van der Waals surface area contributed by atoms with Gasteiger partial charge >= 0.3 is 5.97 Å². The van der Waals surface area contributed by atoms with E-state index in [0.717, 1.165) is 31.2 Å². The van der Waals surface area contributed by atoms with Gasteiger partial charge in [-0.25, -0.2) is 4.79 Å². The van der Waals surface area contributed by atoms with Crippen molar-refractivity contribution in [3.8, 4) is 5.75 Å². The highest BCUT2D eigenvalue weighted by molar-refractivity contribution is 5.90. The van der Waals surface area contributed by atoms with E-state index in [2.05, 4.69) is 32.0 Å². The molecule has 0 radical (unpaired) electrons. The van der Waals surface area contributed by atoms with Crippen LogP contribution in [0.4, 0.5) is 0 Å². The van der Waals surface area contributed by atoms with E-state index in [4.69, 9.17) is 5.11 Å². The Hall–Kier alpha value is -2.29. The van der Waals surface area contributed by atoms with Gasteiger partial charge in [0, 0.05) is 0 Å². The molecule has 0 fully saturated rings. The summed E-state index contributed by atoms with van der Waals surface area (Å²) in [5.74, 6) is -1.26. The van der Waals surface area contributed by atoms with Crippen LogP contribution in [-0.4, -0.2) is 16.2 Å². The van der Waals surface area contributed by atoms with Crippen molar-refractivity contribution in [3.05, 3.63) is 64.2 Å². The number of carboxylic acids is 1. The topological polar surface area (TPSA) is 57.5 Å². The zero-order chi connectivity index (χ0) is 16.1. The largest absolute Gasteiger partial charge is 0.507 e. The molecule has 0 aromatic heterocycles. The molecular weight excluding hydrogens is 276 g/mol. The summed E-state index contributed by atoms with van der Waals surface area (Å²) in [5.41, 5.74) is 5.01. The average molecular weight is 298 g/mol. The monoisotopic (exact) mass is 298 g/mol. The van der Waals surface area contributed by atoms with E-state index in [1.54, 1.807) is 12.1 Å². The number of benzene rings is 2. The Morgan fingerprint density at radius 1 is 1.00 bits per heavy atom. The smallest absolute Gasteiger partial charge is 0.339 e. The molecule has 116 valence electrons. The van der Waals surface area contributed by atoms with Gasteiger partial charge in [0.1, 0.15) is 11.3 Å². The summed E-state index contributed by atoms with van der Waals surface area (Å²) in [7, 11) is 0. The summed E-state index contributed by atoms with van der Waals surface area (Å²) in [6.07, 6.45) is 3.93. The number of aromatic carboxylic acids is 1. The van der Waals surface area contributed by atoms with Crippen molar-refractivity contribution in [2.75, 3.05) is 0 Å². The number of carbonyl (C=O) groups is 1. The fourth-order valence-electron chi connectivity index (χ4n) is 2.78. The maximum atomic E-state index is 11.0. The molecule has 3 nitrogen and oxygen atoms in total. The van der Waals surface area contributed by atoms with E-state index in [1.807, 2.05) is 0 Å². The van der Waals surface area contributed by atoms with Gasteiger partial charge in [-0.05, 0) is 73.9 Å². The van der Waals surface area contributed by atoms with Gasteiger partial charge in [-0.2, -0.15) is 0 Å². The van der Waals surface area contributed by atoms with E-state index >= 15 is 0 Å². The number of aryl methyl sites for hydroxylation is 3. The number of unbranched alkanes of at least 4 members (excludes halogenated alkanes) is 1. The highest BCUT2D eigenvalue weighted by Crippen LogP contribution is 2.21. The highest BCUT2D eigenvalue weighted by atomic mass is 16.4. The Kier molecular flexibility index (Phi) is 5.21. The van der Waals surface area contributed by atoms with Crippen molar-refractivity contribution in [2.45, 2.75) is 39.5 Å². The van der Waals surface area contributed by atoms with E-state index in [9.17, 15) is 9.90 Å². The number of rotatable bonds is 6. The van der Waals surface area contributed by atoms with Crippen LogP contribution in [0.2, 0.25) is 0 Å². The number of hydrogen-bond acceptors (Lipinski definition) is 2. The van der Waals surface area contributed by atoms with Gasteiger partial charge < -0.3 is 10.2 Å². The lowest BCUT2D eigenvalue weighted by atomic mass is 9.96. The predicted octanol–water partition coefficient (Wildman–Crippen LogP) is 4.27. The summed E-state index contributed by atoms with van der Waals surface area (Å²) < 4.78 is 0. The first-order valence-electron chi connectivity index (χ1n) is 7.59. The van der Waals surface area contributed by atoms with Crippen LogP contribution in [0.3, 0.4) is 0 Å². The minimum Gasteiger partial charge on any atom is -0.507 e. The molecule has 0 bridgehead atoms. The van der Waals surface area contributed by atoms with E-state index < -0.39 is 5.97 Å². The van der Waals surface area contributed by atoms with Crippen molar-refractivity contribution in [2.24, 2.45) is 0 Å². The number of aromatic hydroxyl groups is 1. The fraction of sp³-hybridized carbons (Fsp3) is 0.316. The molecule has 0 unspecified atom stereocenters. The van der Waals surface area contributed by atoms with Crippen LogP contribution in [0, 0.1) is 13.8 Å². The molecule has 22 heavy (non-hydrogen) atoms. The van der Waals surface area contributed by atoms with Crippen LogP contribution < -0.4 is 0 Å². The lowest BCUT2D eigenvalue weighted by molar-refractivity contribution is 0.0693. The van der Waals surface area contributed by atoms with Crippen molar-refractivity contribution in [1.29, 1.82) is 0 Å². The number of hydrogen-bond donors (Lipinski definition) is 2. The Labute approximate surface area is 131 Å². The Morgan fingerprint density at radius 2 is 1.64 bits per heavy atom. The molecule has 0 aliphatic heterocycles. The Bertz CT molecular complexity index is 654. The van der Waals surface area contributed by atoms with Gasteiger partial charge in [0.05, 0.1) is 0 Å². The summed E-state index contributed by atoms with van der Waals surface area (Å²) in [6.45, 7) is 4.28. The normalized spacial score (nSPS) is 10.6. The molecule has 2 aromatic rings. The van der Waals surface area contributed by atoms with Crippen molar-refractivity contribution in [1.82, 2.24) is 0 Å². The Morgan fingerprint density at radius 3 is 2.27 bits per heavy atom. The molecular formula is C19H22O3. The van der Waals surface area contributed by atoms with Crippen LogP contribution in [0.1, 0.15) is 45.5 Å². The summed E-state index contributed by atoms with van der Waals surface area (Å²) >= 11 is 0. The van der Waals surface area contributed by atoms with Gasteiger partial charge in [0.2, 0.25) is 0 Å². The SMILES string of the molecule is Cc1cccc(C)c1CCCCc1ccc(O)c(C(=O)O)c1. The molecule has 0 atom stereocenters. The van der Waals surface area contributed by atoms with Gasteiger partial charge in [-0.3, -0.25) is 0 Å². The third-order valence-corrected chi connectivity index (χ3v) is 4.08. The molecule has 0 amide bonds. The van der Waals surface area contributed by atoms with Gasteiger partial charge in [0.25, 0.3) is 0 Å². The zero-order valence-corrected chi connectivity index (χ0v) is 13.1. The van der Waals surface area contributed by atoms with Gasteiger partial charge in [0.15, 0.2) is 0 Å². The van der Waals surface area contributed by atoms with E-state index in [0.29, 0.717) is 0 Å². The standard InChI is InChI=1S/C19H22O3/c1-13-6-5-7-14(2)16(13)9-4-3-8-15-10-11-18(20)17(12-15)19(21)22/h5-7,10-12,20H,3-4,8-9H2,1-2H3,(H,21,22). The second-order valence-corrected chi connectivity index (χ2v) is 5.73. The first kappa shape index (κ1) is 16.1. The lowest BCUT2D eigenvalue weighted by Gasteiger charge is -2.09. The molecule has 3 heteroatoms. The first-order chi connectivity index (χ1) is 10.5. The molecule has 0 saturated heterocycles. The third-order valence-electron chi connectivity index (χ3n) is 4.08. The summed E-state index contributed by atoms with van der Waals surface area (Å²) in [5, 5.41) is 18.5. The lowest BCUT2D eigenvalue weighted by Crippen LogP contribution is -1.99. The molecule has 0 heterocycles.